The molecule has 1 aromatic heterocycles. The van der Waals surface area contributed by atoms with Crippen molar-refractivity contribution in [3.63, 3.8) is 0 Å². The van der Waals surface area contributed by atoms with E-state index in [1.807, 2.05) is 18.2 Å². The van der Waals surface area contributed by atoms with Crippen LogP contribution in [0.3, 0.4) is 0 Å². The Morgan fingerprint density at radius 2 is 1.69 bits per heavy atom. The van der Waals surface area contributed by atoms with E-state index in [1.165, 1.54) is 5.56 Å². The van der Waals surface area contributed by atoms with Crippen molar-refractivity contribution in [2.45, 2.75) is 44.3 Å². The van der Waals surface area contributed by atoms with Crippen LogP contribution < -0.4 is 14.2 Å². The monoisotopic (exact) mass is 511 g/mol. The molecule has 3 aromatic rings. The summed E-state index contributed by atoms with van der Waals surface area (Å²) in [5.74, 6) is 3.81. The van der Waals surface area contributed by atoms with Crippen LogP contribution in [-0.2, 0) is 21.7 Å². The van der Waals surface area contributed by atoms with Crippen molar-refractivity contribution in [2.75, 3.05) is 27.1 Å². The van der Waals surface area contributed by atoms with Gasteiger partial charge in [0.1, 0.15) is 17.2 Å². The lowest BCUT2D eigenvalue weighted by Gasteiger charge is -2.28. The lowest BCUT2D eigenvalue weighted by atomic mass is 9.77. The molecule has 36 heavy (non-hydrogen) atoms. The van der Waals surface area contributed by atoms with Crippen LogP contribution in [0.5, 0.6) is 17.2 Å². The Kier molecular flexibility index (Phi) is 8.59. The van der Waals surface area contributed by atoms with Gasteiger partial charge in [0.15, 0.2) is 28.8 Å². The summed E-state index contributed by atoms with van der Waals surface area (Å²) in [5, 5.41) is 0. The van der Waals surface area contributed by atoms with E-state index >= 15 is 0 Å². The average molecular weight is 512 g/mol. The Balaban J connectivity index is 1.31. The van der Waals surface area contributed by atoms with Gasteiger partial charge in [-0.3, -0.25) is 4.79 Å². The molecular formula is C28H33NO6S. The minimum atomic E-state index is -1.35. The van der Waals surface area contributed by atoms with Gasteiger partial charge in [-0.2, -0.15) is 0 Å². The highest BCUT2D eigenvalue weighted by atomic mass is 32.2. The van der Waals surface area contributed by atoms with Crippen LogP contribution in [0, 0.1) is 12.8 Å². The first-order valence-corrected chi connectivity index (χ1v) is 13.6. The van der Waals surface area contributed by atoms with Crippen molar-refractivity contribution in [2.24, 2.45) is 5.92 Å². The van der Waals surface area contributed by atoms with E-state index in [0.29, 0.717) is 34.8 Å². The standard InChI is InChI=1S/C28H33NO6S/c1-18-24(29-28(35-18)22-11-14-26(33-3)27(15-22)34-4)16-36(31)17-25(30)21-7-5-19(6-8-21)20-9-12-23(32-2)13-10-20/h9-15,19,21H,5-8,16-17H2,1-4H3. The fourth-order valence-corrected chi connectivity index (χ4v) is 5.99. The molecule has 1 atom stereocenters. The van der Waals surface area contributed by atoms with Crippen molar-refractivity contribution in [3.05, 3.63) is 59.5 Å². The maximum atomic E-state index is 12.9. The summed E-state index contributed by atoms with van der Waals surface area (Å²) >= 11 is -1.35. The zero-order chi connectivity index (χ0) is 25.7. The number of rotatable bonds is 10. The Morgan fingerprint density at radius 1 is 1.00 bits per heavy atom. The molecule has 2 aromatic carbocycles. The predicted octanol–water partition coefficient (Wildman–Crippen LogP) is 5.47. The molecule has 0 spiro atoms. The van der Waals surface area contributed by atoms with E-state index in [4.69, 9.17) is 18.6 Å². The fraction of sp³-hybridized carbons (Fsp3) is 0.429. The second-order valence-electron chi connectivity index (χ2n) is 9.11. The Labute approximate surface area is 215 Å². The molecule has 0 bridgehead atoms. The van der Waals surface area contributed by atoms with Crippen molar-refractivity contribution in [1.82, 2.24) is 4.98 Å². The zero-order valence-electron chi connectivity index (χ0n) is 21.2. The van der Waals surface area contributed by atoms with E-state index in [1.54, 1.807) is 40.4 Å². The Hall–Kier alpha value is -2.97. The lowest BCUT2D eigenvalue weighted by molar-refractivity contribution is -0.121. The highest BCUT2D eigenvalue weighted by Gasteiger charge is 2.30. The first kappa shape index (κ1) is 26.1. The van der Waals surface area contributed by atoms with Crippen molar-refractivity contribution in [3.8, 4) is 28.7 Å². The van der Waals surface area contributed by atoms with Crippen LogP contribution in [-0.4, -0.2) is 42.4 Å². The molecule has 1 aliphatic carbocycles. The van der Waals surface area contributed by atoms with Crippen LogP contribution in [0.4, 0.5) is 0 Å². The van der Waals surface area contributed by atoms with Crippen molar-refractivity contribution >= 4 is 17.0 Å². The topological polar surface area (TPSA) is 93.9 Å². The number of aryl methyl sites for hydroxylation is 1. The Morgan fingerprint density at radius 3 is 2.33 bits per heavy atom. The van der Waals surface area contributed by atoms with Crippen molar-refractivity contribution < 1.29 is 28.0 Å². The van der Waals surface area contributed by atoms with Gasteiger partial charge < -0.3 is 23.2 Å². The van der Waals surface area contributed by atoms with Gasteiger partial charge in [0.05, 0.1) is 21.3 Å². The number of ketones is 1. The van der Waals surface area contributed by atoms with Gasteiger partial charge in [0.2, 0.25) is 5.89 Å². The largest absolute Gasteiger partial charge is 0.616 e. The number of carbonyl (C=O) groups is 1. The van der Waals surface area contributed by atoms with Gasteiger partial charge in [-0.1, -0.05) is 12.1 Å². The molecule has 1 fully saturated rings. The molecule has 4 rings (SSSR count). The first-order valence-electron chi connectivity index (χ1n) is 12.1. The first-order chi connectivity index (χ1) is 17.4. The van der Waals surface area contributed by atoms with Gasteiger partial charge >= 0.3 is 0 Å². The molecule has 192 valence electrons. The number of carbonyl (C=O) groups excluding carboxylic acids is 1. The average Bonchev–Trinajstić information content (AvgIpc) is 3.27. The molecule has 1 aliphatic rings. The molecule has 7 nitrogen and oxygen atoms in total. The van der Waals surface area contributed by atoms with Crippen LogP contribution in [0.2, 0.25) is 0 Å². The molecule has 8 heteroatoms. The van der Waals surface area contributed by atoms with Crippen molar-refractivity contribution in [1.29, 1.82) is 0 Å². The highest BCUT2D eigenvalue weighted by molar-refractivity contribution is 7.91. The summed E-state index contributed by atoms with van der Waals surface area (Å²) in [7, 11) is 4.81. The molecule has 0 radical (unpaired) electrons. The summed E-state index contributed by atoms with van der Waals surface area (Å²) in [5.41, 5.74) is 2.63. The SMILES string of the molecule is COc1ccc(C2CCC(C(=O)C[S+]([O-])Cc3nc(-c4ccc(OC)c(OC)c4)oc3C)CC2)cc1. The van der Waals surface area contributed by atoms with Crippen LogP contribution in [0.15, 0.2) is 46.9 Å². The van der Waals surface area contributed by atoms with E-state index in [9.17, 15) is 9.35 Å². The summed E-state index contributed by atoms with van der Waals surface area (Å²) in [6, 6.07) is 13.6. The maximum absolute atomic E-state index is 12.9. The zero-order valence-corrected chi connectivity index (χ0v) is 22.1. The maximum Gasteiger partial charge on any atom is 0.226 e. The molecular weight excluding hydrogens is 478 g/mol. The van der Waals surface area contributed by atoms with Gasteiger partial charge in [-0.05, 0) is 85.6 Å². The number of hydrogen-bond donors (Lipinski definition) is 0. The molecule has 0 aliphatic heterocycles. The normalized spacial score (nSPS) is 18.5. The van der Waals surface area contributed by atoms with Gasteiger partial charge in [-0.15, -0.1) is 0 Å². The number of ether oxygens (including phenoxy) is 3. The van der Waals surface area contributed by atoms with Crippen LogP contribution in [0.1, 0.15) is 48.6 Å². The number of methoxy groups -OCH3 is 3. The highest BCUT2D eigenvalue weighted by Crippen LogP contribution is 2.37. The van der Waals surface area contributed by atoms with E-state index in [-0.39, 0.29) is 23.2 Å². The van der Waals surface area contributed by atoms with Gasteiger partial charge in [0, 0.05) is 11.5 Å². The van der Waals surface area contributed by atoms with E-state index in [2.05, 4.69) is 17.1 Å². The molecule has 0 amide bonds. The molecule has 0 N–H and O–H groups in total. The van der Waals surface area contributed by atoms with Crippen LogP contribution in [0.25, 0.3) is 11.5 Å². The van der Waals surface area contributed by atoms with E-state index in [0.717, 1.165) is 37.0 Å². The molecule has 1 unspecified atom stereocenters. The quantitative estimate of drug-likeness (QED) is 0.333. The number of hydrogen-bond acceptors (Lipinski definition) is 7. The lowest BCUT2D eigenvalue weighted by Crippen LogP contribution is -2.28. The number of nitrogens with zero attached hydrogens (tertiary/aromatic N) is 1. The number of Topliss-reactive ketones (excluding diaryl/α,β-unsaturated/α-hetero) is 1. The summed E-state index contributed by atoms with van der Waals surface area (Å²) < 4.78 is 34.6. The summed E-state index contributed by atoms with van der Waals surface area (Å²) in [6.45, 7) is 1.80. The third kappa shape index (κ3) is 6.05. The smallest absolute Gasteiger partial charge is 0.226 e. The summed E-state index contributed by atoms with van der Waals surface area (Å²) in [4.78, 5) is 17.4. The number of oxazole rings is 1. The van der Waals surface area contributed by atoms with Gasteiger partial charge in [0.25, 0.3) is 0 Å². The van der Waals surface area contributed by atoms with Gasteiger partial charge in [-0.25, -0.2) is 4.98 Å². The van der Waals surface area contributed by atoms with E-state index < -0.39 is 11.2 Å². The second kappa shape index (κ2) is 11.8. The Bertz CT molecular complexity index is 1170. The summed E-state index contributed by atoms with van der Waals surface area (Å²) in [6.07, 6.45) is 3.59. The predicted molar refractivity (Wildman–Crippen MR) is 139 cm³/mol. The molecule has 1 heterocycles. The number of benzene rings is 2. The molecule has 0 saturated heterocycles. The minimum absolute atomic E-state index is 0.0239. The second-order valence-corrected chi connectivity index (χ2v) is 10.6. The third-order valence-corrected chi connectivity index (χ3v) is 8.10. The third-order valence-electron chi connectivity index (χ3n) is 6.89. The van der Waals surface area contributed by atoms with Crippen LogP contribution >= 0.6 is 0 Å². The number of aromatic nitrogens is 1. The minimum Gasteiger partial charge on any atom is -0.616 e. The molecule has 1 saturated carbocycles. The fourth-order valence-electron chi connectivity index (χ4n) is 4.76.